The number of benzene rings is 1. The lowest BCUT2D eigenvalue weighted by Crippen LogP contribution is -2.36. The zero-order valence-electron chi connectivity index (χ0n) is 18.0. The Hall–Kier alpha value is -3.65. The topological polar surface area (TPSA) is 106 Å². The van der Waals surface area contributed by atoms with E-state index in [1.54, 1.807) is 36.7 Å². The second kappa shape index (κ2) is 9.46. The molecular formula is C24H23ClN4O4. The van der Waals surface area contributed by atoms with Crippen molar-refractivity contribution in [1.29, 1.82) is 0 Å². The van der Waals surface area contributed by atoms with E-state index >= 15 is 0 Å². The van der Waals surface area contributed by atoms with E-state index in [9.17, 15) is 19.5 Å². The van der Waals surface area contributed by atoms with Crippen LogP contribution in [0.4, 0.5) is 0 Å². The van der Waals surface area contributed by atoms with E-state index in [0.29, 0.717) is 41.4 Å². The van der Waals surface area contributed by atoms with Crippen molar-refractivity contribution in [2.75, 3.05) is 0 Å². The fourth-order valence-electron chi connectivity index (χ4n) is 3.99. The van der Waals surface area contributed by atoms with E-state index in [-0.39, 0.29) is 12.1 Å². The Bertz CT molecular complexity index is 1310. The van der Waals surface area contributed by atoms with Gasteiger partial charge in [-0.1, -0.05) is 29.8 Å². The van der Waals surface area contributed by atoms with Gasteiger partial charge in [0.25, 0.3) is 11.5 Å². The molecular weight excluding hydrogens is 444 g/mol. The number of halogens is 1. The minimum absolute atomic E-state index is 0.108. The van der Waals surface area contributed by atoms with Gasteiger partial charge in [-0.25, -0.2) is 4.98 Å². The van der Waals surface area contributed by atoms with Crippen LogP contribution in [0.1, 0.15) is 40.7 Å². The van der Waals surface area contributed by atoms with Crippen molar-refractivity contribution in [2.24, 2.45) is 0 Å². The summed E-state index contributed by atoms with van der Waals surface area (Å²) >= 11 is 5.91. The summed E-state index contributed by atoms with van der Waals surface area (Å²) in [5.41, 5.74) is 2.78. The van der Waals surface area contributed by atoms with Crippen LogP contribution < -0.4 is 10.9 Å². The maximum Gasteiger partial charge on any atom is 0.323 e. The second-order valence-corrected chi connectivity index (χ2v) is 8.15. The number of aliphatic carboxylic acids is 1. The van der Waals surface area contributed by atoms with Crippen LogP contribution in [0.3, 0.4) is 0 Å². The molecule has 3 aromatic rings. The molecule has 0 saturated carbocycles. The fraction of sp³-hybridized carbons (Fsp3) is 0.250. The molecule has 2 heterocycles. The summed E-state index contributed by atoms with van der Waals surface area (Å²) in [5, 5.41) is 12.8. The summed E-state index contributed by atoms with van der Waals surface area (Å²) < 4.78 is 3.12. The third kappa shape index (κ3) is 4.61. The van der Waals surface area contributed by atoms with Crippen LogP contribution >= 0.6 is 11.6 Å². The van der Waals surface area contributed by atoms with Crippen molar-refractivity contribution in [3.05, 3.63) is 80.6 Å². The number of hydrogen-bond acceptors (Lipinski definition) is 4. The first-order chi connectivity index (χ1) is 15.9. The molecule has 2 aromatic heterocycles. The number of amides is 1. The number of carboxylic acids is 1. The molecule has 33 heavy (non-hydrogen) atoms. The number of carbonyl (C=O) groups is 2. The summed E-state index contributed by atoms with van der Waals surface area (Å²) in [6.45, 7) is 2.27. The highest BCUT2D eigenvalue weighted by Crippen LogP contribution is 2.31. The highest BCUT2D eigenvalue weighted by molar-refractivity contribution is 6.30. The van der Waals surface area contributed by atoms with Gasteiger partial charge in [-0.2, -0.15) is 0 Å². The molecule has 0 atom stereocenters. The first-order valence-electron chi connectivity index (χ1n) is 10.6. The maximum absolute atomic E-state index is 13.3. The van der Waals surface area contributed by atoms with Crippen LogP contribution in [-0.4, -0.2) is 31.1 Å². The predicted octanol–water partition coefficient (Wildman–Crippen LogP) is 3.36. The first-order valence-corrected chi connectivity index (χ1v) is 11.0. The first kappa shape index (κ1) is 22.5. The molecule has 1 aliphatic rings. The van der Waals surface area contributed by atoms with Gasteiger partial charge in [-0.05, 0) is 49.6 Å². The molecule has 170 valence electrons. The number of hydrogen-bond donors (Lipinski definition) is 2. The van der Waals surface area contributed by atoms with Gasteiger partial charge in [0.05, 0.1) is 17.7 Å². The molecule has 8 nitrogen and oxygen atoms in total. The lowest BCUT2D eigenvalue weighted by molar-refractivity contribution is -0.137. The number of nitrogens with one attached hydrogen (secondary N) is 1. The summed E-state index contributed by atoms with van der Waals surface area (Å²) in [6, 6.07) is 8.57. The van der Waals surface area contributed by atoms with Crippen molar-refractivity contribution < 1.29 is 14.7 Å². The summed E-state index contributed by atoms with van der Waals surface area (Å²) in [6.07, 6.45) is 6.66. The van der Waals surface area contributed by atoms with Crippen molar-refractivity contribution in [3.63, 3.8) is 0 Å². The molecule has 4 rings (SSSR count). The number of fused-ring (bicyclic) bond motifs is 3. The summed E-state index contributed by atoms with van der Waals surface area (Å²) in [7, 11) is 0. The van der Waals surface area contributed by atoms with Gasteiger partial charge >= 0.3 is 5.97 Å². The van der Waals surface area contributed by atoms with Gasteiger partial charge in [0.2, 0.25) is 0 Å². The second-order valence-electron chi connectivity index (χ2n) is 7.72. The fourth-order valence-corrected chi connectivity index (χ4v) is 4.12. The highest BCUT2D eigenvalue weighted by Gasteiger charge is 2.25. The van der Waals surface area contributed by atoms with Gasteiger partial charge in [-0.3, -0.25) is 14.4 Å². The number of pyridine rings is 1. The quantitative estimate of drug-likeness (QED) is 0.579. The average molecular weight is 467 g/mol. The lowest BCUT2D eigenvalue weighted by atomic mass is 9.98. The zero-order valence-corrected chi connectivity index (χ0v) is 18.8. The van der Waals surface area contributed by atoms with E-state index in [4.69, 9.17) is 11.6 Å². The van der Waals surface area contributed by atoms with E-state index in [0.717, 1.165) is 11.3 Å². The average Bonchev–Trinajstić information content (AvgIpc) is 3.18. The third-order valence-electron chi connectivity index (χ3n) is 5.59. The molecule has 1 aromatic carbocycles. The predicted molar refractivity (Wildman–Crippen MR) is 125 cm³/mol. The zero-order chi connectivity index (χ0) is 23.5. The van der Waals surface area contributed by atoms with Crippen molar-refractivity contribution >= 4 is 29.6 Å². The van der Waals surface area contributed by atoms with E-state index in [2.05, 4.69) is 10.3 Å². The summed E-state index contributed by atoms with van der Waals surface area (Å²) in [5.74, 6) is -1.72. The largest absolute Gasteiger partial charge is 0.480 e. The Balaban J connectivity index is 1.82. The Labute approximate surface area is 195 Å². The highest BCUT2D eigenvalue weighted by atomic mass is 35.5. The van der Waals surface area contributed by atoms with Gasteiger partial charge < -0.3 is 19.6 Å². The standard InChI is InChI=1S/C24H23ClN4O4/c1-2-28-14-27-19-5-3-4-6-20-17(22(19)28)11-18(24(33)29(20)13-21(30)31)23(32)26-12-15-7-9-16(25)10-8-15/h3,5,7-11,14H,2,4,6,12-13H2,1H3,(H,26,32)(H,30,31). The number of rotatable bonds is 6. The molecule has 0 aliphatic heterocycles. The minimum Gasteiger partial charge on any atom is -0.480 e. The van der Waals surface area contributed by atoms with Crippen molar-refractivity contribution in [2.45, 2.75) is 39.4 Å². The van der Waals surface area contributed by atoms with Crippen molar-refractivity contribution in [1.82, 2.24) is 19.4 Å². The maximum atomic E-state index is 13.3. The van der Waals surface area contributed by atoms with Crippen molar-refractivity contribution in [3.8, 4) is 11.3 Å². The van der Waals surface area contributed by atoms with E-state index in [1.165, 1.54) is 4.57 Å². The number of aryl methyl sites for hydroxylation is 1. The minimum atomic E-state index is -1.15. The molecule has 1 aliphatic carbocycles. The van der Waals surface area contributed by atoms with Crippen LogP contribution in [0, 0.1) is 0 Å². The van der Waals surface area contributed by atoms with Crippen LogP contribution in [0.25, 0.3) is 17.3 Å². The van der Waals surface area contributed by atoms with Gasteiger partial charge in [-0.15, -0.1) is 0 Å². The molecule has 0 bridgehead atoms. The van der Waals surface area contributed by atoms with Crippen LogP contribution in [0.2, 0.25) is 5.02 Å². The molecule has 0 spiro atoms. The smallest absolute Gasteiger partial charge is 0.323 e. The number of carboxylic acid groups (broad SMARTS) is 1. The van der Waals surface area contributed by atoms with Crippen LogP contribution in [0.15, 0.2) is 47.5 Å². The van der Waals surface area contributed by atoms with Gasteiger partial charge in [0, 0.05) is 29.4 Å². The lowest BCUT2D eigenvalue weighted by Gasteiger charge is -2.20. The monoisotopic (exact) mass is 466 g/mol. The number of imidazole rings is 1. The molecule has 0 radical (unpaired) electrons. The van der Waals surface area contributed by atoms with Gasteiger partial charge in [0.15, 0.2) is 0 Å². The Morgan fingerprint density at radius 1 is 1.24 bits per heavy atom. The molecule has 0 unspecified atom stereocenters. The number of aromatic nitrogens is 3. The van der Waals surface area contributed by atoms with Gasteiger partial charge in [0.1, 0.15) is 12.1 Å². The molecule has 0 fully saturated rings. The molecule has 0 saturated heterocycles. The van der Waals surface area contributed by atoms with Crippen LogP contribution in [-0.2, 0) is 30.8 Å². The Morgan fingerprint density at radius 3 is 2.70 bits per heavy atom. The molecule has 9 heteroatoms. The Morgan fingerprint density at radius 2 is 2.00 bits per heavy atom. The Kier molecular flexibility index (Phi) is 6.46. The van der Waals surface area contributed by atoms with E-state index in [1.807, 2.05) is 23.6 Å². The number of allylic oxidation sites excluding steroid dienone is 1. The normalized spacial score (nSPS) is 12.4. The summed E-state index contributed by atoms with van der Waals surface area (Å²) in [4.78, 5) is 42.4. The third-order valence-corrected chi connectivity index (χ3v) is 5.84. The number of nitrogens with zero attached hydrogens (tertiary/aromatic N) is 3. The molecule has 1 amide bonds. The van der Waals surface area contributed by atoms with Crippen LogP contribution in [0.5, 0.6) is 0 Å². The SMILES string of the molecule is CCn1cnc2c1-c1cc(C(=O)NCc3ccc(Cl)cc3)c(=O)n(CC(=O)O)c1CCC=C2. The number of carbonyl (C=O) groups excluding carboxylic acids is 1. The molecule has 2 N–H and O–H groups in total. The van der Waals surface area contributed by atoms with E-state index < -0.39 is 24.0 Å².